The Kier molecular flexibility index (Phi) is 5.99. The molecule has 1 aliphatic rings. The lowest BCUT2D eigenvalue weighted by Gasteiger charge is -2.34. The maximum absolute atomic E-state index is 15.1. The predicted octanol–water partition coefficient (Wildman–Crippen LogP) is 5.42. The minimum absolute atomic E-state index is 0.167. The normalized spacial score (nSPS) is 15.7. The highest BCUT2D eigenvalue weighted by Crippen LogP contribution is 2.33. The number of piperidine rings is 1. The Morgan fingerprint density at radius 3 is 2.27 bits per heavy atom. The third kappa shape index (κ3) is 5.05. The van der Waals surface area contributed by atoms with Gasteiger partial charge in [0, 0.05) is 42.5 Å². The Bertz CT molecular complexity index is 1280. The van der Waals surface area contributed by atoms with Crippen molar-refractivity contribution < 1.29 is 22.3 Å². The largest absolute Gasteiger partial charge is 0.444 e. The molecule has 1 fully saturated rings. The molecule has 0 saturated carbocycles. The van der Waals surface area contributed by atoms with Crippen molar-refractivity contribution in [3.8, 4) is 11.1 Å². The van der Waals surface area contributed by atoms with Crippen LogP contribution >= 0.6 is 0 Å². The molecule has 33 heavy (non-hydrogen) atoms. The van der Waals surface area contributed by atoms with Gasteiger partial charge in [0.05, 0.1) is 10.4 Å². The molecule has 1 aliphatic heterocycles. The summed E-state index contributed by atoms with van der Waals surface area (Å²) in [4.78, 5) is 14.3. The molecule has 1 amide bonds. The van der Waals surface area contributed by atoms with Crippen molar-refractivity contribution >= 4 is 26.8 Å². The van der Waals surface area contributed by atoms with Gasteiger partial charge in [0.25, 0.3) is 0 Å². The number of fused-ring (bicyclic) bond motifs is 1. The van der Waals surface area contributed by atoms with E-state index in [-0.39, 0.29) is 22.8 Å². The Morgan fingerprint density at radius 1 is 1.06 bits per heavy atom. The molecule has 0 bridgehead atoms. The number of benzene rings is 2. The van der Waals surface area contributed by atoms with Crippen LogP contribution in [0.15, 0.2) is 53.6 Å². The van der Waals surface area contributed by atoms with Crippen LogP contribution in [-0.4, -0.2) is 48.9 Å². The second-order valence-corrected chi connectivity index (χ2v) is 11.6. The fraction of sp³-hybridized carbons (Fsp3) is 0.400. The zero-order valence-corrected chi connectivity index (χ0v) is 20.2. The molecule has 1 aromatic heterocycles. The van der Waals surface area contributed by atoms with E-state index in [2.05, 4.69) is 4.57 Å². The maximum Gasteiger partial charge on any atom is 0.410 e. The van der Waals surface area contributed by atoms with Crippen LogP contribution in [0.4, 0.5) is 9.18 Å². The van der Waals surface area contributed by atoms with Crippen LogP contribution in [0.25, 0.3) is 22.0 Å². The maximum atomic E-state index is 15.1. The van der Waals surface area contributed by atoms with Gasteiger partial charge in [-0.05, 0) is 69.5 Å². The smallest absolute Gasteiger partial charge is 0.410 e. The highest BCUT2D eigenvalue weighted by molar-refractivity contribution is 7.90. The Hall–Kier alpha value is -2.87. The number of likely N-dealkylation sites (tertiary alicyclic amines) is 1. The standard InChI is InChI=1S/C25H29FN2O4S/c1-25(2,3)32-24(29)27-12-10-19(11-13-27)28-14-9-18-15-21(22(26)16-23(18)28)17-5-7-20(8-6-17)33(4,30)31/h5-9,14-16,19H,10-13H2,1-4H3. The minimum Gasteiger partial charge on any atom is -0.444 e. The summed E-state index contributed by atoms with van der Waals surface area (Å²) >= 11 is 0. The van der Waals surface area contributed by atoms with Crippen molar-refractivity contribution in [3.05, 3.63) is 54.5 Å². The molecule has 2 heterocycles. The van der Waals surface area contributed by atoms with Gasteiger partial charge in [0.2, 0.25) is 0 Å². The molecule has 0 N–H and O–H groups in total. The number of hydrogen-bond donors (Lipinski definition) is 0. The third-order valence-electron chi connectivity index (χ3n) is 5.91. The van der Waals surface area contributed by atoms with Crippen LogP contribution in [0.3, 0.4) is 0 Å². The highest BCUT2D eigenvalue weighted by atomic mass is 32.2. The van der Waals surface area contributed by atoms with E-state index in [0.717, 1.165) is 30.0 Å². The molecular weight excluding hydrogens is 443 g/mol. The lowest BCUT2D eigenvalue weighted by atomic mass is 10.0. The number of rotatable bonds is 3. The monoisotopic (exact) mass is 472 g/mol. The van der Waals surface area contributed by atoms with E-state index in [1.54, 1.807) is 23.1 Å². The number of halogens is 1. The summed E-state index contributed by atoms with van der Waals surface area (Å²) in [5, 5.41) is 0.910. The number of aromatic nitrogens is 1. The zero-order chi connectivity index (χ0) is 24.0. The molecule has 176 valence electrons. The van der Waals surface area contributed by atoms with Gasteiger partial charge in [-0.25, -0.2) is 17.6 Å². The van der Waals surface area contributed by atoms with E-state index in [1.165, 1.54) is 18.2 Å². The summed E-state index contributed by atoms with van der Waals surface area (Å²) in [6.07, 6.45) is 4.35. The zero-order valence-electron chi connectivity index (χ0n) is 19.3. The van der Waals surface area contributed by atoms with Gasteiger partial charge in [-0.2, -0.15) is 0 Å². The van der Waals surface area contributed by atoms with E-state index in [0.29, 0.717) is 24.2 Å². The number of amides is 1. The van der Waals surface area contributed by atoms with Crippen LogP contribution < -0.4 is 0 Å². The van der Waals surface area contributed by atoms with Crippen molar-refractivity contribution in [2.24, 2.45) is 0 Å². The average Bonchev–Trinajstić information content (AvgIpc) is 3.14. The molecule has 0 aliphatic carbocycles. The first-order valence-electron chi connectivity index (χ1n) is 11.0. The van der Waals surface area contributed by atoms with Gasteiger partial charge in [-0.1, -0.05) is 12.1 Å². The number of nitrogens with zero attached hydrogens (tertiary/aromatic N) is 2. The number of sulfone groups is 1. The van der Waals surface area contributed by atoms with E-state index in [1.807, 2.05) is 33.0 Å². The first-order valence-corrected chi connectivity index (χ1v) is 12.9. The summed E-state index contributed by atoms with van der Waals surface area (Å²) in [5.41, 5.74) is 1.34. The molecule has 6 nitrogen and oxygen atoms in total. The molecule has 3 aromatic rings. The van der Waals surface area contributed by atoms with Gasteiger partial charge >= 0.3 is 6.09 Å². The Morgan fingerprint density at radius 2 is 1.70 bits per heavy atom. The van der Waals surface area contributed by atoms with Crippen LogP contribution in [-0.2, 0) is 14.6 Å². The highest BCUT2D eigenvalue weighted by Gasteiger charge is 2.28. The van der Waals surface area contributed by atoms with Crippen molar-refractivity contribution in [1.82, 2.24) is 9.47 Å². The van der Waals surface area contributed by atoms with Gasteiger partial charge in [-0.15, -0.1) is 0 Å². The van der Waals surface area contributed by atoms with E-state index < -0.39 is 15.4 Å². The van der Waals surface area contributed by atoms with Gasteiger partial charge < -0.3 is 14.2 Å². The average molecular weight is 473 g/mol. The fourth-order valence-corrected chi connectivity index (χ4v) is 4.88. The Balaban J connectivity index is 1.54. The topological polar surface area (TPSA) is 68.6 Å². The molecule has 0 radical (unpaired) electrons. The second-order valence-electron chi connectivity index (χ2n) is 9.61. The third-order valence-corrected chi connectivity index (χ3v) is 7.04. The van der Waals surface area contributed by atoms with Crippen LogP contribution in [0, 0.1) is 5.82 Å². The van der Waals surface area contributed by atoms with Crippen LogP contribution in [0.5, 0.6) is 0 Å². The molecule has 0 atom stereocenters. The second kappa shape index (κ2) is 8.48. The number of hydrogen-bond acceptors (Lipinski definition) is 4. The predicted molar refractivity (Wildman–Crippen MR) is 127 cm³/mol. The van der Waals surface area contributed by atoms with Gasteiger partial charge in [-0.3, -0.25) is 0 Å². The Labute approximate surface area is 193 Å². The lowest BCUT2D eigenvalue weighted by molar-refractivity contribution is 0.0189. The molecule has 8 heteroatoms. The quantitative estimate of drug-likeness (QED) is 0.510. The first-order chi connectivity index (χ1) is 15.4. The fourth-order valence-electron chi connectivity index (χ4n) is 4.25. The van der Waals surface area contributed by atoms with Crippen LogP contribution in [0.1, 0.15) is 39.7 Å². The lowest BCUT2D eigenvalue weighted by Crippen LogP contribution is -2.42. The summed E-state index contributed by atoms with van der Waals surface area (Å²) in [7, 11) is -3.30. The molecular formula is C25H29FN2O4S. The molecule has 2 aromatic carbocycles. The van der Waals surface area contributed by atoms with E-state index in [4.69, 9.17) is 4.74 Å². The van der Waals surface area contributed by atoms with E-state index in [9.17, 15) is 13.2 Å². The van der Waals surface area contributed by atoms with Gasteiger partial charge in [0.1, 0.15) is 11.4 Å². The molecule has 1 saturated heterocycles. The number of carbonyl (C=O) groups is 1. The summed E-state index contributed by atoms with van der Waals surface area (Å²) in [5.74, 6) is -0.360. The first kappa shape index (κ1) is 23.3. The SMILES string of the molecule is CC(C)(C)OC(=O)N1CCC(n2ccc3cc(-c4ccc(S(C)(=O)=O)cc4)c(F)cc32)CC1. The van der Waals surface area contributed by atoms with Crippen molar-refractivity contribution in [2.45, 2.75) is 50.2 Å². The van der Waals surface area contributed by atoms with E-state index >= 15 is 4.39 Å². The molecule has 4 rings (SSSR count). The van der Waals surface area contributed by atoms with Crippen LogP contribution in [0.2, 0.25) is 0 Å². The summed E-state index contributed by atoms with van der Waals surface area (Å²) in [6, 6.07) is 11.7. The van der Waals surface area contributed by atoms with Crippen molar-refractivity contribution in [1.29, 1.82) is 0 Å². The van der Waals surface area contributed by atoms with Gasteiger partial charge in [0.15, 0.2) is 9.84 Å². The number of ether oxygens (including phenoxy) is 1. The minimum atomic E-state index is -3.30. The summed E-state index contributed by atoms with van der Waals surface area (Å²) < 4.78 is 46.0. The van der Waals surface area contributed by atoms with Crippen molar-refractivity contribution in [3.63, 3.8) is 0 Å². The number of carbonyl (C=O) groups excluding carboxylic acids is 1. The summed E-state index contributed by atoms with van der Waals surface area (Å²) in [6.45, 7) is 6.74. The molecule has 0 spiro atoms. The molecule has 0 unspecified atom stereocenters. The van der Waals surface area contributed by atoms with Crippen molar-refractivity contribution in [2.75, 3.05) is 19.3 Å².